The quantitative estimate of drug-likeness (QED) is 0.746. The molecule has 0 unspecified atom stereocenters. The van der Waals surface area contributed by atoms with Gasteiger partial charge in [0.25, 0.3) is 0 Å². The Morgan fingerprint density at radius 3 is 2.47 bits per heavy atom. The highest BCUT2D eigenvalue weighted by atomic mass is 19.1. The molecule has 0 radical (unpaired) electrons. The van der Waals surface area contributed by atoms with Crippen LogP contribution in [0.4, 0.5) is 4.39 Å². The molecule has 3 heteroatoms. The zero-order valence-corrected chi connectivity index (χ0v) is 9.16. The van der Waals surface area contributed by atoms with Crippen molar-refractivity contribution in [1.29, 1.82) is 0 Å². The van der Waals surface area contributed by atoms with Gasteiger partial charge in [0.2, 0.25) is 5.91 Å². The van der Waals surface area contributed by atoms with Crippen LogP contribution in [0.5, 0.6) is 0 Å². The summed E-state index contributed by atoms with van der Waals surface area (Å²) < 4.78 is 12.6. The van der Waals surface area contributed by atoms with Crippen molar-refractivity contribution in [2.24, 2.45) is 0 Å². The second-order valence-corrected chi connectivity index (χ2v) is 3.63. The van der Waals surface area contributed by atoms with Crippen molar-refractivity contribution in [1.82, 2.24) is 4.90 Å². The van der Waals surface area contributed by atoms with E-state index in [-0.39, 0.29) is 11.7 Å². The fourth-order valence-electron chi connectivity index (χ4n) is 1.36. The lowest BCUT2D eigenvalue weighted by Crippen LogP contribution is -2.25. The lowest BCUT2D eigenvalue weighted by Gasteiger charge is -2.16. The first-order valence-electron chi connectivity index (χ1n) is 5.12. The smallest absolute Gasteiger partial charge is 0.222 e. The van der Waals surface area contributed by atoms with Gasteiger partial charge in [0.15, 0.2) is 0 Å². The minimum Gasteiger partial charge on any atom is -0.341 e. The van der Waals surface area contributed by atoms with E-state index in [1.54, 1.807) is 24.1 Å². The molecule has 1 aromatic carbocycles. The van der Waals surface area contributed by atoms with Crippen molar-refractivity contribution in [2.75, 3.05) is 7.05 Å². The van der Waals surface area contributed by atoms with Crippen LogP contribution in [0, 0.1) is 5.82 Å². The third kappa shape index (κ3) is 3.70. The van der Waals surface area contributed by atoms with Gasteiger partial charge >= 0.3 is 0 Å². The molecule has 0 atom stereocenters. The Morgan fingerprint density at radius 1 is 1.33 bits per heavy atom. The molecule has 0 aliphatic heterocycles. The molecular formula is C12H16FNO. The first-order chi connectivity index (χ1) is 7.13. The molecule has 0 fully saturated rings. The number of nitrogens with zero attached hydrogens (tertiary/aromatic N) is 1. The minimum absolute atomic E-state index is 0.127. The largest absolute Gasteiger partial charge is 0.341 e. The molecule has 82 valence electrons. The number of carbonyl (C=O) groups excluding carboxylic acids is 1. The fourth-order valence-corrected chi connectivity index (χ4v) is 1.36. The Morgan fingerprint density at radius 2 is 1.93 bits per heavy atom. The second-order valence-electron chi connectivity index (χ2n) is 3.63. The van der Waals surface area contributed by atoms with Crippen molar-refractivity contribution >= 4 is 5.91 Å². The van der Waals surface area contributed by atoms with E-state index in [1.165, 1.54) is 12.1 Å². The topological polar surface area (TPSA) is 20.3 Å². The predicted molar refractivity (Wildman–Crippen MR) is 57.8 cm³/mol. The molecule has 0 bridgehead atoms. The first-order valence-corrected chi connectivity index (χ1v) is 5.12. The zero-order chi connectivity index (χ0) is 11.3. The van der Waals surface area contributed by atoms with Gasteiger partial charge in [0.1, 0.15) is 5.82 Å². The normalized spacial score (nSPS) is 10.1. The lowest BCUT2D eigenvalue weighted by molar-refractivity contribution is -0.130. The van der Waals surface area contributed by atoms with Crippen LogP contribution in [0.15, 0.2) is 24.3 Å². The zero-order valence-electron chi connectivity index (χ0n) is 9.16. The second kappa shape index (κ2) is 5.49. The van der Waals surface area contributed by atoms with Crippen LogP contribution in [-0.2, 0) is 11.3 Å². The van der Waals surface area contributed by atoms with E-state index >= 15 is 0 Å². The van der Waals surface area contributed by atoms with Crippen LogP contribution in [0.2, 0.25) is 0 Å². The maximum atomic E-state index is 12.6. The Labute approximate surface area is 89.7 Å². The summed E-state index contributed by atoms with van der Waals surface area (Å²) in [4.78, 5) is 13.1. The molecule has 0 saturated heterocycles. The summed E-state index contributed by atoms with van der Waals surface area (Å²) >= 11 is 0. The van der Waals surface area contributed by atoms with Gasteiger partial charge in [0.05, 0.1) is 0 Å². The van der Waals surface area contributed by atoms with E-state index in [9.17, 15) is 9.18 Å². The van der Waals surface area contributed by atoms with Crippen LogP contribution in [0.3, 0.4) is 0 Å². The summed E-state index contributed by atoms with van der Waals surface area (Å²) in [6.45, 7) is 2.52. The average Bonchev–Trinajstić information content (AvgIpc) is 2.22. The molecule has 2 nitrogen and oxygen atoms in total. The highest BCUT2D eigenvalue weighted by Gasteiger charge is 2.07. The van der Waals surface area contributed by atoms with Gasteiger partial charge in [-0.15, -0.1) is 0 Å². The van der Waals surface area contributed by atoms with E-state index in [4.69, 9.17) is 0 Å². The molecular weight excluding hydrogens is 193 g/mol. The Bertz CT molecular complexity index is 321. The minimum atomic E-state index is -0.249. The number of benzene rings is 1. The van der Waals surface area contributed by atoms with E-state index in [1.807, 2.05) is 6.92 Å². The molecule has 1 aromatic rings. The molecule has 1 amide bonds. The van der Waals surface area contributed by atoms with Crippen LogP contribution >= 0.6 is 0 Å². The number of carbonyl (C=O) groups is 1. The number of halogens is 1. The standard InChI is InChI=1S/C12H16FNO/c1-3-4-12(15)14(2)9-10-5-7-11(13)8-6-10/h5-8H,3-4,9H2,1-2H3. The number of amides is 1. The van der Waals surface area contributed by atoms with Crippen molar-refractivity contribution in [3.05, 3.63) is 35.6 Å². The Balaban J connectivity index is 2.54. The van der Waals surface area contributed by atoms with Crippen LogP contribution < -0.4 is 0 Å². The summed E-state index contributed by atoms with van der Waals surface area (Å²) in [5.41, 5.74) is 0.948. The van der Waals surface area contributed by atoms with Crippen molar-refractivity contribution in [3.63, 3.8) is 0 Å². The number of hydrogen-bond donors (Lipinski definition) is 0. The lowest BCUT2D eigenvalue weighted by atomic mass is 10.2. The molecule has 0 aromatic heterocycles. The molecule has 1 rings (SSSR count). The summed E-state index contributed by atoms with van der Waals surface area (Å²) in [5.74, 6) is -0.122. The van der Waals surface area contributed by atoms with Gasteiger partial charge in [0, 0.05) is 20.0 Å². The van der Waals surface area contributed by atoms with Gasteiger partial charge < -0.3 is 4.90 Å². The van der Waals surface area contributed by atoms with Crippen molar-refractivity contribution in [3.8, 4) is 0 Å². The highest BCUT2D eigenvalue weighted by Crippen LogP contribution is 2.06. The molecule has 0 aliphatic carbocycles. The van der Waals surface area contributed by atoms with Crippen molar-refractivity contribution < 1.29 is 9.18 Å². The maximum Gasteiger partial charge on any atom is 0.222 e. The monoisotopic (exact) mass is 209 g/mol. The Kier molecular flexibility index (Phi) is 4.28. The van der Waals surface area contributed by atoms with Gasteiger partial charge in [-0.1, -0.05) is 19.1 Å². The summed E-state index contributed by atoms with van der Waals surface area (Å²) in [6.07, 6.45) is 1.42. The van der Waals surface area contributed by atoms with Crippen LogP contribution in [0.25, 0.3) is 0 Å². The molecule has 0 N–H and O–H groups in total. The van der Waals surface area contributed by atoms with Gasteiger partial charge in [-0.2, -0.15) is 0 Å². The van der Waals surface area contributed by atoms with Crippen LogP contribution in [-0.4, -0.2) is 17.9 Å². The van der Waals surface area contributed by atoms with Crippen LogP contribution in [0.1, 0.15) is 25.3 Å². The van der Waals surface area contributed by atoms with Gasteiger partial charge in [-0.05, 0) is 24.1 Å². The van der Waals surface area contributed by atoms with Gasteiger partial charge in [-0.3, -0.25) is 4.79 Å². The summed E-state index contributed by atoms with van der Waals surface area (Å²) in [6, 6.07) is 6.22. The van der Waals surface area contributed by atoms with E-state index < -0.39 is 0 Å². The molecule has 0 saturated carbocycles. The van der Waals surface area contributed by atoms with Gasteiger partial charge in [-0.25, -0.2) is 4.39 Å². The van der Waals surface area contributed by atoms with Crippen molar-refractivity contribution in [2.45, 2.75) is 26.3 Å². The third-order valence-corrected chi connectivity index (χ3v) is 2.22. The molecule has 0 spiro atoms. The molecule has 15 heavy (non-hydrogen) atoms. The Hall–Kier alpha value is -1.38. The highest BCUT2D eigenvalue weighted by molar-refractivity contribution is 5.75. The maximum absolute atomic E-state index is 12.6. The van der Waals surface area contributed by atoms with E-state index in [0.717, 1.165) is 12.0 Å². The van der Waals surface area contributed by atoms with E-state index in [0.29, 0.717) is 13.0 Å². The van der Waals surface area contributed by atoms with E-state index in [2.05, 4.69) is 0 Å². The molecule has 0 heterocycles. The first kappa shape index (κ1) is 11.7. The SMILES string of the molecule is CCCC(=O)N(C)Cc1ccc(F)cc1. The number of rotatable bonds is 4. The average molecular weight is 209 g/mol. The third-order valence-electron chi connectivity index (χ3n) is 2.22. The fraction of sp³-hybridized carbons (Fsp3) is 0.417. The molecule has 0 aliphatic rings. The predicted octanol–water partition coefficient (Wildman–Crippen LogP) is 2.58. The number of hydrogen-bond acceptors (Lipinski definition) is 1. The summed E-state index contributed by atoms with van der Waals surface area (Å²) in [7, 11) is 1.77. The summed E-state index contributed by atoms with van der Waals surface area (Å²) in [5, 5.41) is 0.